The summed E-state index contributed by atoms with van der Waals surface area (Å²) in [6.07, 6.45) is 3.53. The van der Waals surface area contributed by atoms with E-state index in [-0.39, 0.29) is 12.0 Å². The molecule has 0 saturated carbocycles. The van der Waals surface area contributed by atoms with Gasteiger partial charge in [-0.3, -0.25) is 0 Å². The molecule has 0 fully saturated rings. The molecule has 0 aliphatic heterocycles. The molecule has 0 aromatic heterocycles. The molecule has 132 valence electrons. The number of benzene rings is 2. The Balaban J connectivity index is 0.00000139. The number of rotatable bonds is 8. The Kier molecular flexibility index (Phi) is 9.08. The molecule has 0 amide bonds. The Bertz CT molecular complexity index is 557. The van der Waals surface area contributed by atoms with E-state index in [0.717, 1.165) is 12.2 Å². The quantitative estimate of drug-likeness (QED) is 0.642. The molecule has 1 unspecified atom stereocenters. The van der Waals surface area contributed by atoms with Crippen LogP contribution >= 0.6 is 0 Å². The average molecular weight is 331 g/mol. The van der Waals surface area contributed by atoms with E-state index in [9.17, 15) is 0 Å². The summed E-state index contributed by atoms with van der Waals surface area (Å²) < 4.78 is 5.46. The van der Waals surface area contributed by atoms with Crippen molar-refractivity contribution in [3.63, 3.8) is 0 Å². The van der Waals surface area contributed by atoms with Crippen molar-refractivity contribution in [1.29, 1.82) is 0 Å². The van der Waals surface area contributed by atoms with Crippen LogP contribution in [0.1, 0.15) is 44.2 Å². The zero-order valence-corrected chi connectivity index (χ0v) is 14.6. The van der Waals surface area contributed by atoms with Crippen molar-refractivity contribution >= 4 is 0 Å². The lowest BCUT2D eigenvalue weighted by molar-refractivity contribution is 0.201. The molecule has 0 spiro atoms. The number of ether oxygens (including phenoxy) is 1. The predicted molar refractivity (Wildman–Crippen MR) is 97.4 cm³/mol. The third kappa shape index (κ3) is 5.34. The van der Waals surface area contributed by atoms with Crippen molar-refractivity contribution in [2.45, 2.75) is 38.5 Å². The summed E-state index contributed by atoms with van der Waals surface area (Å²) in [5.41, 5.74) is 2.68. The average Bonchev–Trinajstić information content (AvgIpc) is 2.67. The molecule has 0 aliphatic rings. The van der Waals surface area contributed by atoms with Gasteiger partial charge < -0.3 is 15.1 Å². The molecule has 0 bridgehead atoms. The fourth-order valence-electron chi connectivity index (χ4n) is 2.87. The first kappa shape index (κ1) is 20.2. The van der Waals surface area contributed by atoms with E-state index in [4.69, 9.17) is 15.1 Å². The normalized spacial score (nSPS) is 12.7. The molecule has 2 aromatic rings. The van der Waals surface area contributed by atoms with Gasteiger partial charge in [0.05, 0.1) is 6.61 Å². The fraction of sp³-hybridized carbons (Fsp3) is 0.400. The van der Waals surface area contributed by atoms with E-state index in [1.807, 2.05) is 12.1 Å². The van der Waals surface area contributed by atoms with Crippen LogP contribution in [-0.4, -0.2) is 23.5 Å². The van der Waals surface area contributed by atoms with Crippen molar-refractivity contribution in [3.05, 3.63) is 65.7 Å². The van der Waals surface area contributed by atoms with Crippen molar-refractivity contribution in [2.24, 2.45) is 5.90 Å². The van der Waals surface area contributed by atoms with Gasteiger partial charge in [0.1, 0.15) is 12.4 Å². The second kappa shape index (κ2) is 10.8. The van der Waals surface area contributed by atoms with Crippen molar-refractivity contribution in [2.75, 3.05) is 13.2 Å². The second-order valence-electron chi connectivity index (χ2n) is 5.90. The molecular weight excluding hydrogens is 302 g/mol. The summed E-state index contributed by atoms with van der Waals surface area (Å²) in [5.74, 6) is 4.31. The Labute approximate surface area is 144 Å². The summed E-state index contributed by atoms with van der Waals surface area (Å²) in [5, 5.41) is 15.3. The molecule has 1 atom stereocenters. The summed E-state index contributed by atoms with van der Waals surface area (Å²) in [7, 11) is 0. The predicted octanol–water partition coefficient (Wildman–Crippen LogP) is 3.89. The van der Waals surface area contributed by atoms with Crippen LogP contribution in [0.4, 0.5) is 0 Å². The number of unbranched alkanes of at least 4 members (excludes halogenated alkanes) is 1. The van der Waals surface area contributed by atoms with Crippen LogP contribution in [0, 0.1) is 0 Å². The maximum Gasteiger partial charge on any atom is 0.119 e. The van der Waals surface area contributed by atoms with E-state index < -0.39 is 0 Å². The topological polar surface area (TPSA) is 75.7 Å². The Morgan fingerprint density at radius 3 is 2.08 bits per heavy atom. The van der Waals surface area contributed by atoms with Gasteiger partial charge in [0.25, 0.3) is 0 Å². The number of aliphatic hydroxyl groups excluding tert-OH is 1. The zero-order chi connectivity index (χ0) is 17.8. The van der Waals surface area contributed by atoms with Gasteiger partial charge in [-0.25, -0.2) is 5.90 Å². The summed E-state index contributed by atoms with van der Waals surface area (Å²) in [4.78, 5) is 0. The van der Waals surface area contributed by atoms with Crippen LogP contribution < -0.4 is 10.6 Å². The highest BCUT2D eigenvalue weighted by Gasteiger charge is 2.28. The molecule has 2 aromatic carbocycles. The molecule has 4 N–H and O–H groups in total. The molecular formula is C20H29NO3. The first-order chi connectivity index (χ1) is 11.7. The minimum absolute atomic E-state index is 0.0206. The molecule has 4 nitrogen and oxygen atoms in total. The van der Waals surface area contributed by atoms with Crippen molar-refractivity contribution in [3.8, 4) is 5.75 Å². The van der Waals surface area contributed by atoms with E-state index >= 15 is 0 Å². The van der Waals surface area contributed by atoms with E-state index in [0.29, 0.717) is 6.61 Å². The number of hydrogen-bond donors (Lipinski definition) is 3. The Morgan fingerprint density at radius 1 is 0.958 bits per heavy atom. The van der Waals surface area contributed by atoms with Gasteiger partial charge in [-0.15, -0.1) is 0 Å². The molecule has 0 saturated heterocycles. The molecule has 0 aliphatic carbocycles. The fourth-order valence-corrected chi connectivity index (χ4v) is 2.87. The molecule has 24 heavy (non-hydrogen) atoms. The summed E-state index contributed by atoms with van der Waals surface area (Å²) in [6.45, 7) is 4.93. The van der Waals surface area contributed by atoms with Gasteiger partial charge in [0, 0.05) is 5.41 Å². The second-order valence-corrected chi connectivity index (χ2v) is 5.90. The SMILES string of the molecule is CCCCC(C)(c1ccccc1)c1ccc(OCCO)cc1.NO. The first-order valence-corrected chi connectivity index (χ1v) is 8.36. The summed E-state index contributed by atoms with van der Waals surface area (Å²) >= 11 is 0. The van der Waals surface area contributed by atoms with Gasteiger partial charge in [0.15, 0.2) is 0 Å². The highest BCUT2D eigenvalue weighted by Crippen LogP contribution is 2.37. The lowest BCUT2D eigenvalue weighted by Crippen LogP contribution is -2.23. The lowest BCUT2D eigenvalue weighted by Gasteiger charge is -2.31. The molecule has 4 heteroatoms. The van der Waals surface area contributed by atoms with E-state index in [2.05, 4.69) is 62.2 Å². The number of hydrogen-bond acceptors (Lipinski definition) is 4. The monoisotopic (exact) mass is 331 g/mol. The Hall–Kier alpha value is -1.88. The van der Waals surface area contributed by atoms with Crippen LogP contribution in [0.5, 0.6) is 5.75 Å². The van der Waals surface area contributed by atoms with Gasteiger partial charge in [-0.2, -0.15) is 0 Å². The van der Waals surface area contributed by atoms with Gasteiger partial charge in [0.2, 0.25) is 0 Å². The highest BCUT2D eigenvalue weighted by atomic mass is 16.5. The smallest absolute Gasteiger partial charge is 0.119 e. The Morgan fingerprint density at radius 2 is 1.54 bits per heavy atom. The minimum Gasteiger partial charge on any atom is -0.491 e. The lowest BCUT2D eigenvalue weighted by atomic mass is 9.73. The first-order valence-electron chi connectivity index (χ1n) is 8.36. The zero-order valence-electron chi connectivity index (χ0n) is 14.6. The van der Waals surface area contributed by atoms with Crippen LogP contribution in [-0.2, 0) is 5.41 Å². The molecule has 0 heterocycles. The van der Waals surface area contributed by atoms with E-state index in [1.165, 1.54) is 24.0 Å². The molecule has 2 rings (SSSR count). The highest BCUT2D eigenvalue weighted by molar-refractivity contribution is 5.40. The number of nitrogens with two attached hydrogens (primary N) is 1. The van der Waals surface area contributed by atoms with Gasteiger partial charge in [-0.05, 0) is 29.7 Å². The van der Waals surface area contributed by atoms with Crippen LogP contribution in [0.2, 0.25) is 0 Å². The van der Waals surface area contributed by atoms with Crippen molar-refractivity contribution in [1.82, 2.24) is 0 Å². The largest absolute Gasteiger partial charge is 0.491 e. The maximum atomic E-state index is 8.83. The van der Waals surface area contributed by atoms with E-state index in [1.54, 1.807) is 0 Å². The van der Waals surface area contributed by atoms with Gasteiger partial charge in [-0.1, -0.05) is 69.2 Å². The number of aliphatic hydroxyl groups is 1. The maximum absolute atomic E-state index is 8.83. The van der Waals surface area contributed by atoms with Gasteiger partial charge >= 0.3 is 0 Å². The third-order valence-corrected chi connectivity index (χ3v) is 4.29. The summed E-state index contributed by atoms with van der Waals surface area (Å²) in [6, 6.07) is 19.0. The van der Waals surface area contributed by atoms with Crippen LogP contribution in [0.3, 0.4) is 0 Å². The van der Waals surface area contributed by atoms with Crippen LogP contribution in [0.15, 0.2) is 54.6 Å². The standard InChI is InChI=1S/C20H26O2.H3NO/c1-3-4-14-20(2,17-8-6-5-7-9-17)18-10-12-19(13-11-18)22-16-15-21;1-2/h5-13,21H,3-4,14-16H2,1-2H3;2H,1H2. The van der Waals surface area contributed by atoms with Crippen LogP contribution in [0.25, 0.3) is 0 Å². The minimum atomic E-state index is 0.0206. The molecule has 0 radical (unpaired) electrons. The third-order valence-electron chi connectivity index (χ3n) is 4.29. The van der Waals surface area contributed by atoms with Crippen molar-refractivity contribution < 1.29 is 15.1 Å².